The van der Waals surface area contributed by atoms with E-state index in [1.807, 2.05) is 5.32 Å². The Morgan fingerprint density at radius 2 is 1.69 bits per heavy atom. The van der Waals surface area contributed by atoms with Gasteiger partial charge in [0.05, 0.1) is 17.7 Å². The molecule has 0 aliphatic heterocycles. The van der Waals surface area contributed by atoms with Crippen molar-refractivity contribution in [2.75, 3.05) is 0 Å². The van der Waals surface area contributed by atoms with Crippen molar-refractivity contribution in [3.05, 3.63) is 96.0 Å². The Bertz CT molecular complexity index is 1160. The molecule has 2 aromatic carbocycles. The number of carbonyl (C=O) groups is 1. The molecule has 1 atom stereocenters. The Kier molecular flexibility index (Phi) is 7.16. The summed E-state index contributed by atoms with van der Waals surface area (Å²) in [4.78, 5) is 12.1. The third-order valence-corrected chi connectivity index (χ3v) is 5.80. The lowest BCUT2D eigenvalue weighted by Crippen LogP contribution is -2.37. The zero-order valence-corrected chi connectivity index (χ0v) is 17.4. The molecular weight excluding hydrogens is 445 g/mol. The van der Waals surface area contributed by atoms with E-state index >= 15 is 0 Å². The second-order valence-corrected chi connectivity index (χ2v) is 8.47. The van der Waals surface area contributed by atoms with E-state index in [0.717, 1.165) is 6.08 Å². The average Bonchev–Trinajstić information content (AvgIpc) is 3.29. The molecule has 1 aromatic heterocycles. The van der Waals surface area contributed by atoms with Crippen LogP contribution in [0, 0.1) is 0 Å². The fraction of sp³-hybridized carbons (Fsp3) is 0.136. The summed E-state index contributed by atoms with van der Waals surface area (Å²) >= 11 is 0. The third-order valence-electron chi connectivity index (χ3n) is 4.38. The zero-order valence-electron chi connectivity index (χ0n) is 16.5. The molecule has 0 aliphatic rings. The number of halogens is 3. The van der Waals surface area contributed by atoms with Crippen LogP contribution in [0.15, 0.2) is 88.4 Å². The number of amides is 1. The number of benzene rings is 2. The van der Waals surface area contributed by atoms with Gasteiger partial charge in [-0.05, 0) is 41.5 Å². The average molecular weight is 464 g/mol. The monoisotopic (exact) mass is 464 g/mol. The summed E-state index contributed by atoms with van der Waals surface area (Å²) in [7, 11) is -3.79. The maximum absolute atomic E-state index is 13.3. The SMILES string of the molecule is O=C(/C=C/c1ccc(S(=O)(=O)NCc2ccco2)cc1)NC(c1ccccc1)C(F)(F)F. The Labute approximate surface area is 182 Å². The smallest absolute Gasteiger partial charge is 0.412 e. The Morgan fingerprint density at radius 1 is 1.00 bits per heavy atom. The lowest BCUT2D eigenvalue weighted by atomic mass is 10.1. The first-order valence-corrected chi connectivity index (χ1v) is 10.9. The largest absolute Gasteiger partial charge is 0.468 e. The van der Waals surface area contributed by atoms with Crippen molar-refractivity contribution < 1.29 is 30.8 Å². The fourth-order valence-electron chi connectivity index (χ4n) is 2.78. The van der Waals surface area contributed by atoms with Gasteiger partial charge in [-0.1, -0.05) is 42.5 Å². The van der Waals surface area contributed by atoms with Gasteiger partial charge in [0.15, 0.2) is 6.04 Å². The van der Waals surface area contributed by atoms with Gasteiger partial charge >= 0.3 is 6.18 Å². The van der Waals surface area contributed by atoms with Gasteiger partial charge in [0.25, 0.3) is 0 Å². The molecule has 1 unspecified atom stereocenters. The van der Waals surface area contributed by atoms with E-state index in [2.05, 4.69) is 4.72 Å². The number of rotatable bonds is 8. The first-order chi connectivity index (χ1) is 15.1. The van der Waals surface area contributed by atoms with Crippen LogP contribution in [-0.2, 0) is 21.4 Å². The summed E-state index contributed by atoms with van der Waals surface area (Å²) in [5, 5.41) is 1.94. The highest BCUT2D eigenvalue weighted by atomic mass is 32.2. The molecule has 168 valence electrons. The summed E-state index contributed by atoms with van der Waals surface area (Å²) in [6.45, 7) is -0.0149. The highest BCUT2D eigenvalue weighted by Gasteiger charge is 2.41. The van der Waals surface area contributed by atoms with Crippen LogP contribution in [0.25, 0.3) is 6.08 Å². The van der Waals surface area contributed by atoms with Crippen molar-refractivity contribution in [2.24, 2.45) is 0 Å². The van der Waals surface area contributed by atoms with Crippen LogP contribution in [0.5, 0.6) is 0 Å². The van der Waals surface area contributed by atoms with Gasteiger partial charge in [-0.15, -0.1) is 0 Å². The van der Waals surface area contributed by atoms with Crippen molar-refractivity contribution in [3.8, 4) is 0 Å². The van der Waals surface area contributed by atoms with Crippen LogP contribution < -0.4 is 10.0 Å². The van der Waals surface area contributed by atoms with Gasteiger partial charge in [0, 0.05) is 6.08 Å². The maximum Gasteiger partial charge on any atom is 0.412 e. The molecule has 0 bridgehead atoms. The molecule has 32 heavy (non-hydrogen) atoms. The number of hydrogen-bond donors (Lipinski definition) is 2. The molecule has 1 amide bonds. The number of carbonyl (C=O) groups excluding carboxylic acids is 1. The lowest BCUT2D eigenvalue weighted by Gasteiger charge is -2.21. The van der Waals surface area contributed by atoms with Crippen molar-refractivity contribution in [1.29, 1.82) is 0 Å². The quantitative estimate of drug-likeness (QED) is 0.490. The number of furan rings is 1. The van der Waals surface area contributed by atoms with Crippen LogP contribution in [0.4, 0.5) is 13.2 Å². The molecule has 1 heterocycles. The van der Waals surface area contributed by atoms with Gasteiger partial charge in [-0.2, -0.15) is 13.2 Å². The Hall–Kier alpha value is -3.37. The van der Waals surface area contributed by atoms with Gasteiger partial charge in [-0.3, -0.25) is 4.79 Å². The van der Waals surface area contributed by atoms with Crippen molar-refractivity contribution in [1.82, 2.24) is 10.0 Å². The van der Waals surface area contributed by atoms with Crippen LogP contribution in [0.3, 0.4) is 0 Å². The zero-order chi connectivity index (χ0) is 23.2. The van der Waals surface area contributed by atoms with Crippen molar-refractivity contribution >= 4 is 22.0 Å². The standard InChI is InChI=1S/C22H19F3N2O4S/c23-22(24,25)21(17-5-2-1-3-6-17)27-20(28)13-10-16-8-11-19(12-9-16)32(29,30)26-15-18-7-4-14-31-18/h1-14,21,26H,15H2,(H,27,28)/b13-10+. The molecule has 0 radical (unpaired) electrons. The van der Waals surface area contributed by atoms with E-state index in [1.54, 1.807) is 18.2 Å². The fourth-order valence-corrected chi connectivity index (χ4v) is 3.78. The van der Waals surface area contributed by atoms with Crippen molar-refractivity contribution in [3.63, 3.8) is 0 Å². The first kappa shape index (κ1) is 23.3. The minimum atomic E-state index is -4.66. The van der Waals surface area contributed by atoms with Gasteiger partial charge < -0.3 is 9.73 Å². The van der Waals surface area contributed by atoms with Crippen LogP contribution >= 0.6 is 0 Å². The second kappa shape index (κ2) is 9.84. The van der Waals surface area contributed by atoms with E-state index in [1.165, 1.54) is 60.9 Å². The minimum absolute atomic E-state index is 0.00753. The molecule has 2 N–H and O–H groups in total. The highest BCUT2D eigenvalue weighted by molar-refractivity contribution is 7.89. The van der Waals surface area contributed by atoms with E-state index in [9.17, 15) is 26.4 Å². The normalized spacial score (nSPS) is 13.2. The van der Waals surface area contributed by atoms with E-state index in [0.29, 0.717) is 11.3 Å². The van der Waals surface area contributed by atoms with Gasteiger partial charge in [-0.25, -0.2) is 13.1 Å². The summed E-state index contributed by atoms with van der Waals surface area (Å²) in [5.41, 5.74) is 0.353. The minimum Gasteiger partial charge on any atom is -0.468 e. The van der Waals surface area contributed by atoms with Crippen LogP contribution in [0.2, 0.25) is 0 Å². The molecule has 6 nitrogen and oxygen atoms in total. The number of nitrogens with one attached hydrogen (secondary N) is 2. The summed E-state index contributed by atoms with van der Waals surface area (Å²) in [6.07, 6.45) is -0.984. The third kappa shape index (κ3) is 6.32. The summed E-state index contributed by atoms with van der Waals surface area (Å²) in [5.74, 6) is -0.486. The Morgan fingerprint density at radius 3 is 2.28 bits per heavy atom. The molecule has 3 aromatic rings. The molecule has 3 rings (SSSR count). The molecular formula is C22H19F3N2O4S. The second-order valence-electron chi connectivity index (χ2n) is 6.70. The number of sulfonamides is 1. The molecule has 0 aliphatic carbocycles. The first-order valence-electron chi connectivity index (χ1n) is 9.37. The van der Waals surface area contributed by atoms with Gasteiger partial charge in [0.1, 0.15) is 5.76 Å². The van der Waals surface area contributed by atoms with Crippen LogP contribution in [-0.4, -0.2) is 20.5 Å². The lowest BCUT2D eigenvalue weighted by molar-refractivity contribution is -0.162. The van der Waals surface area contributed by atoms with Crippen LogP contribution in [0.1, 0.15) is 22.9 Å². The maximum atomic E-state index is 13.3. The topological polar surface area (TPSA) is 88.4 Å². The molecule has 0 saturated heterocycles. The Balaban J connectivity index is 1.64. The molecule has 0 spiro atoms. The predicted molar refractivity (Wildman–Crippen MR) is 112 cm³/mol. The molecule has 10 heteroatoms. The van der Waals surface area contributed by atoms with E-state index in [-0.39, 0.29) is 17.0 Å². The summed E-state index contributed by atoms with van der Waals surface area (Å²) < 4.78 is 72.1. The number of alkyl halides is 3. The van der Waals surface area contributed by atoms with Crippen molar-refractivity contribution in [2.45, 2.75) is 23.7 Å². The van der Waals surface area contributed by atoms with E-state index in [4.69, 9.17) is 4.42 Å². The molecule has 0 saturated carbocycles. The summed E-state index contributed by atoms with van der Waals surface area (Å²) in [6, 6.07) is 13.7. The number of hydrogen-bond acceptors (Lipinski definition) is 4. The van der Waals surface area contributed by atoms with Gasteiger partial charge in [0.2, 0.25) is 15.9 Å². The highest BCUT2D eigenvalue weighted by Crippen LogP contribution is 2.32. The molecule has 0 fully saturated rings. The van der Waals surface area contributed by atoms with E-state index < -0.39 is 28.1 Å². The predicted octanol–water partition coefficient (Wildman–Crippen LogP) is 4.19.